The summed E-state index contributed by atoms with van der Waals surface area (Å²) in [6.07, 6.45) is 1.64. The molecule has 3 rings (SSSR count). The van der Waals surface area contributed by atoms with Crippen LogP contribution in [0.5, 0.6) is 17.2 Å². The van der Waals surface area contributed by atoms with Gasteiger partial charge in [-0.15, -0.1) is 0 Å². The van der Waals surface area contributed by atoms with Crippen molar-refractivity contribution in [2.24, 2.45) is 0 Å². The van der Waals surface area contributed by atoms with Gasteiger partial charge in [-0.2, -0.15) is 0 Å². The Morgan fingerprint density at radius 2 is 1.70 bits per heavy atom. The van der Waals surface area contributed by atoms with E-state index in [1.165, 1.54) is 10.5 Å². The largest absolute Gasteiger partial charge is 0.497 e. The van der Waals surface area contributed by atoms with Crippen LogP contribution in [-0.2, 0) is 0 Å². The maximum atomic E-state index is 12.3. The molecule has 0 N–H and O–H groups in total. The molecule has 0 saturated heterocycles. The summed E-state index contributed by atoms with van der Waals surface area (Å²) < 4.78 is 17.2. The summed E-state index contributed by atoms with van der Waals surface area (Å²) in [6.45, 7) is 0. The van der Waals surface area contributed by atoms with Gasteiger partial charge < -0.3 is 14.2 Å². The highest BCUT2D eigenvalue weighted by molar-refractivity contribution is 5.65. The Morgan fingerprint density at radius 1 is 0.913 bits per heavy atom. The van der Waals surface area contributed by atoms with Crippen LogP contribution in [0.25, 0.3) is 16.9 Å². The third-order valence-corrected chi connectivity index (χ3v) is 3.55. The molecule has 0 unspecified atom stereocenters. The van der Waals surface area contributed by atoms with Gasteiger partial charge in [0.2, 0.25) is 0 Å². The van der Waals surface area contributed by atoms with E-state index in [1.807, 2.05) is 6.07 Å². The molecular formula is C17H16N2O4. The Balaban J connectivity index is 2.18. The first-order valence-corrected chi connectivity index (χ1v) is 6.96. The van der Waals surface area contributed by atoms with E-state index in [1.54, 1.807) is 51.8 Å². The molecule has 3 aromatic rings. The average Bonchev–Trinajstić information content (AvgIpc) is 2.60. The number of pyridine rings is 1. The average molecular weight is 312 g/mol. The van der Waals surface area contributed by atoms with Crippen molar-refractivity contribution in [3.63, 3.8) is 0 Å². The Hall–Kier alpha value is -3.02. The lowest BCUT2D eigenvalue weighted by molar-refractivity contribution is 0.355. The number of hydrogen-bond acceptors (Lipinski definition) is 5. The van der Waals surface area contributed by atoms with Gasteiger partial charge in [0.1, 0.15) is 11.4 Å². The molecule has 0 saturated carbocycles. The summed E-state index contributed by atoms with van der Waals surface area (Å²) in [5.41, 5.74) is 1.68. The number of nitrogens with zero attached hydrogens (tertiary/aromatic N) is 2. The van der Waals surface area contributed by atoms with E-state index in [-0.39, 0.29) is 5.56 Å². The highest BCUT2D eigenvalue weighted by atomic mass is 16.5. The molecule has 0 aliphatic carbocycles. The van der Waals surface area contributed by atoms with Crippen LogP contribution in [0.1, 0.15) is 0 Å². The topological polar surface area (TPSA) is 62.1 Å². The van der Waals surface area contributed by atoms with Crippen molar-refractivity contribution >= 4 is 5.65 Å². The fourth-order valence-electron chi connectivity index (χ4n) is 2.35. The number of aromatic nitrogens is 2. The summed E-state index contributed by atoms with van der Waals surface area (Å²) >= 11 is 0. The van der Waals surface area contributed by atoms with Crippen molar-refractivity contribution in [1.29, 1.82) is 0 Å². The van der Waals surface area contributed by atoms with Crippen molar-refractivity contribution in [1.82, 2.24) is 9.38 Å². The Labute approximate surface area is 132 Å². The van der Waals surface area contributed by atoms with Crippen molar-refractivity contribution in [2.75, 3.05) is 21.3 Å². The van der Waals surface area contributed by atoms with Crippen molar-refractivity contribution in [3.05, 3.63) is 52.9 Å². The predicted molar refractivity (Wildman–Crippen MR) is 86.6 cm³/mol. The minimum atomic E-state index is -0.164. The molecule has 0 atom stereocenters. The summed E-state index contributed by atoms with van der Waals surface area (Å²) in [7, 11) is 4.71. The van der Waals surface area contributed by atoms with Gasteiger partial charge >= 0.3 is 0 Å². The Bertz CT molecular complexity index is 918. The molecule has 0 fully saturated rings. The van der Waals surface area contributed by atoms with Gasteiger partial charge in [0.25, 0.3) is 5.56 Å². The zero-order chi connectivity index (χ0) is 16.4. The molecule has 2 heterocycles. The van der Waals surface area contributed by atoms with Crippen LogP contribution >= 0.6 is 0 Å². The van der Waals surface area contributed by atoms with E-state index in [9.17, 15) is 4.79 Å². The molecule has 6 heteroatoms. The summed E-state index contributed by atoms with van der Waals surface area (Å²) in [5.74, 6) is 1.84. The number of methoxy groups -OCH3 is 3. The van der Waals surface area contributed by atoms with E-state index in [0.29, 0.717) is 28.6 Å². The zero-order valence-corrected chi connectivity index (χ0v) is 13.1. The lowest BCUT2D eigenvalue weighted by Crippen LogP contribution is -2.14. The second-order valence-electron chi connectivity index (χ2n) is 4.84. The van der Waals surface area contributed by atoms with Crippen LogP contribution < -0.4 is 19.8 Å². The molecule has 6 nitrogen and oxygen atoms in total. The SMILES string of the molecule is COc1ccn2c(=O)cc(-c3ccc(OC)c(OC)c3)nc2c1. The molecule has 118 valence electrons. The molecule has 0 aliphatic heterocycles. The quantitative estimate of drug-likeness (QED) is 0.740. The van der Waals surface area contributed by atoms with Gasteiger partial charge in [-0.05, 0) is 24.3 Å². The Kier molecular flexibility index (Phi) is 3.89. The van der Waals surface area contributed by atoms with Gasteiger partial charge in [-0.1, -0.05) is 0 Å². The summed E-state index contributed by atoms with van der Waals surface area (Å²) in [5, 5.41) is 0. The van der Waals surface area contributed by atoms with E-state index in [0.717, 1.165) is 5.56 Å². The first-order chi connectivity index (χ1) is 11.2. The van der Waals surface area contributed by atoms with E-state index < -0.39 is 0 Å². The molecule has 0 bridgehead atoms. The minimum absolute atomic E-state index is 0.164. The molecule has 23 heavy (non-hydrogen) atoms. The second kappa shape index (κ2) is 6.00. The summed E-state index contributed by atoms with van der Waals surface area (Å²) in [6, 6.07) is 10.3. The highest BCUT2D eigenvalue weighted by Crippen LogP contribution is 2.31. The van der Waals surface area contributed by atoms with Gasteiger partial charge in [0.15, 0.2) is 11.5 Å². The standard InChI is InChI=1S/C17H16N2O4/c1-21-12-6-7-19-16(9-12)18-13(10-17(19)20)11-4-5-14(22-2)15(8-11)23-3/h4-10H,1-3H3. The maximum Gasteiger partial charge on any atom is 0.258 e. The number of benzene rings is 1. The third kappa shape index (κ3) is 2.70. The molecule has 1 aromatic carbocycles. The van der Waals surface area contributed by atoms with Crippen LogP contribution in [0.15, 0.2) is 47.4 Å². The second-order valence-corrected chi connectivity index (χ2v) is 4.84. The molecule has 2 aromatic heterocycles. The molecule has 0 spiro atoms. The normalized spacial score (nSPS) is 10.6. The third-order valence-electron chi connectivity index (χ3n) is 3.55. The Morgan fingerprint density at radius 3 is 2.39 bits per heavy atom. The van der Waals surface area contributed by atoms with Crippen molar-refractivity contribution in [2.45, 2.75) is 0 Å². The van der Waals surface area contributed by atoms with Gasteiger partial charge in [0.05, 0.1) is 27.0 Å². The van der Waals surface area contributed by atoms with E-state index in [4.69, 9.17) is 14.2 Å². The first-order valence-electron chi connectivity index (χ1n) is 6.96. The number of rotatable bonds is 4. The smallest absolute Gasteiger partial charge is 0.258 e. The fraction of sp³-hybridized carbons (Fsp3) is 0.176. The highest BCUT2D eigenvalue weighted by Gasteiger charge is 2.10. The van der Waals surface area contributed by atoms with Gasteiger partial charge in [-0.3, -0.25) is 9.20 Å². The van der Waals surface area contributed by atoms with E-state index >= 15 is 0 Å². The lowest BCUT2D eigenvalue weighted by atomic mass is 10.1. The van der Waals surface area contributed by atoms with Crippen LogP contribution in [-0.4, -0.2) is 30.7 Å². The summed E-state index contributed by atoms with van der Waals surface area (Å²) in [4.78, 5) is 16.8. The monoisotopic (exact) mass is 312 g/mol. The van der Waals surface area contributed by atoms with Crippen LogP contribution in [0.2, 0.25) is 0 Å². The first kappa shape index (κ1) is 14.9. The predicted octanol–water partition coefficient (Wildman–Crippen LogP) is 2.39. The van der Waals surface area contributed by atoms with Crippen LogP contribution in [0, 0.1) is 0 Å². The van der Waals surface area contributed by atoms with Gasteiger partial charge in [0, 0.05) is 23.9 Å². The van der Waals surface area contributed by atoms with E-state index in [2.05, 4.69) is 4.98 Å². The number of fused-ring (bicyclic) bond motifs is 1. The maximum absolute atomic E-state index is 12.3. The van der Waals surface area contributed by atoms with Crippen LogP contribution in [0.4, 0.5) is 0 Å². The molecule has 0 radical (unpaired) electrons. The van der Waals surface area contributed by atoms with Crippen molar-refractivity contribution < 1.29 is 14.2 Å². The van der Waals surface area contributed by atoms with Gasteiger partial charge in [-0.25, -0.2) is 4.98 Å². The lowest BCUT2D eigenvalue weighted by Gasteiger charge is -2.10. The molecule has 0 aliphatic rings. The number of hydrogen-bond donors (Lipinski definition) is 0. The fourth-order valence-corrected chi connectivity index (χ4v) is 2.35. The molecule has 0 amide bonds. The van der Waals surface area contributed by atoms with Crippen molar-refractivity contribution in [3.8, 4) is 28.5 Å². The zero-order valence-electron chi connectivity index (χ0n) is 13.1. The number of ether oxygens (including phenoxy) is 3. The van der Waals surface area contributed by atoms with Crippen LogP contribution in [0.3, 0.4) is 0 Å². The molecular weight excluding hydrogens is 296 g/mol. The minimum Gasteiger partial charge on any atom is -0.497 e.